The van der Waals surface area contributed by atoms with E-state index in [2.05, 4.69) is 30.8 Å². The Balaban J connectivity index is 1.79. The first-order valence-corrected chi connectivity index (χ1v) is 9.84. The highest BCUT2D eigenvalue weighted by molar-refractivity contribution is 7.15. The number of para-hydroxylation sites is 1. The molecule has 0 saturated carbocycles. The number of fused-ring (bicyclic) bond motifs is 4. The van der Waals surface area contributed by atoms with Crippen molar-refractivity contribution in [1.82, 2.24) is 14.0 Å². The van der Waals surface area contributed by atoms with Gasteiger partial charge in [-0.2, -0.15) is 0 Å². The maximum Gasteiger partial charge on any atom is 0.274 e. The van der Waals surface area contributed by atoms with Crippen molar-refractivity contribution in [2.24, 2.45) is 0 Å². The molecule has 5 rings (SSSR count). The third-order valence-corrected chi connectivity index (χ3v) is 6.19. The van der Waals surface area contributed by atoms with E-state index >= 15 is 0 Å². The van der Waals surface area contributed by atoms with Crippen molar-refractivity contribution in [2.75, 3.05) is 0 Å². The number of aromatic nitrogens is 3. The quantitative estimate of drug-likeness (QED) is 0.437. The van der Waals surface area contributed by atoms with Gasteiger partial charge in [-0.15, -0.1) is 6.42 Å². The summed E-state index contributed by atoms with van der Waals surface area (Å²) in [5.74, 6) is 2.69. The van der Waals surface area contributed by atoms with Crippen LogP contribution in [0.5, 0.6) is 0 Å². The van der Waals surface area contributed by atoms with E-state index in [0.717, 1.165) is 38.0 Å². The highest BCUT2D eigenvalue weighted by Gasteiger charge is 2.13. The molecule has 5 heteroatoms. The minimum Gasteiger partial charge on any atom is -0.335 e. The summed E-state index contributed by atoms with van der Waals surface area (Å²) in [4.78, 5) is 18.5. The van der Waals surface area contributed by atoms with Crippen LogP contribution in [0.1, 0.15) is 16.7 Å². The summed E-state index contributed by atoms with van der Waals surface area (Å²) in [6, 6.07) is 12.2. The number of rotatable bonds is 2. The zero-order valence-corrected chi connectivity index (χ0v) is 16.4. The molecule has 0 aliphatic rings. The van der Waals surface area contributed by atoms with Crippen LogP contribution in [0.2, 0.25) is 0 Å². The second-order valence-corrected chi connectivity index (χ2v) is 8.01. The van der Waals surface area contributed by atoms with Crippen LogP contribution < -0.4 is 10.1 Å². The van der Waals surface area contributed by atoms with Gasteiger partial charge in [0.1, 0.15) is 0 Å². The summed E-state index contributed by atoms with van der Waals surface area (Å²) in [7, 11) is 0. The van der Waals surface area contributed by atoms with E-state index in [4.69, 9.17) is 6.42 Å². The summed E-state index contributed by atoms with van der Waals surface area (Å²) >= 11 is 1.42. The Morgan fingerprint density at radius 2 is 1.96 bits per heavy atom. The van der Waals surface area contributed by atoms with Crippen LogP contribution in [-0.4, -0.2) is 14.0 Å². The molecule has 0 atom stereocenters. The molecule has 0 aliphatic heterocycles. The lowest BCUT2D eigenvalue weighted by Gasteiger charge is -1.98. The van der Waals surface area contributed by atoms with Crippen LogP contribution in [-0.2, 0) is 6.54 Å². The Morgan fingerprint density at radius 1 is 1.18 bits per heavy atom. The fraction of sp³-hybridized carbons (Fsp3) is 0.130. The topological polar surface area (TPSA) is 39.3 Å². The van der Waals surface area contributed by atoms with Crippen molar-refractivity contribution in [3.05, 3.63) is 74.2 Å². The van der Waals surface area contributed by atoms with Crippen LogP contribution in [0, 0.1) is 26.2 Å². The highest BCUT2D eigenvalue weighted by atomic mass is 32.1. The van der Waals surface area contributed by atoms with Crippen molar-refractivity contribution < 1.29 is 0 Å². The van der Waals surface area contributed by atoms with Gasteiger partial charge in [0.15, 0.2) is 4.96 Å². The van der Waals surface area contributed by atoms with Crippen LogP contribution >= 0.6 is 11.3 Å². The average molecular weight is 383 g/mol. The molecule has 0 saturated heterocycles. The third-order valence-electron chi connectivity index (χ3n) is 5.22. The monoisotopic (exact) mass is 383 g/mol. The SMILES string of the molecule is C#CCn1cc(/C=c2\sc3nc4cc(C)c(C)cc4n3c2=O)c2ccccc21. The van der Waals surface area contributed by atoms with Crippen molar-refractivity contribution in [1.29, 1.82) is 0 Å². The molecule has 0 spiro atoms. The number of hydrogen-bond donors (Lipinski definition) is 0. The van der Waals surface area contributed by atoms with Crippen molar-refractivity contribution in [2.45, 2.75) is 20.4 Å². The first-order valence-electron chi connectivity index (χ1n) is 9.02. The number of aryl methyl sites for hydroxylation is 2. The molecule has 3 aromatic heterocycles. The van der Waals surface area contributed by atoms with E-state index in [0.29, 0.717) is 11.1 Å². The lowest BCUT2D eigenvalue weighted by molar-refractivity contribution is 0.885. The molecular formula is C23H17N3OS. The van der Waals surface area contributed by atoms with Gasteiger partial charge < -0.3 is 4.57 Å². The van der Waals surface area contributed by atoms with Gasteiger partial charge in [-0.1, -0.05) is 35.5 Å². The number of terminal acetylenes is 1. The molecule has 3 heterocycles. The molecule has 0 aliphatic carbocycles. The number of imidazole rings is 1. The van der Waals surface area contributed by atoms with Gasteiger partial charge in [0.25, 0.3) is 5.56 Å². The number of benzene rings is 2. The first kappa shape index (κ1) is 16.8. The highest BCUT2D eigenvalue weighted by Crippen LogP contribution is 2.23. The van der Waals surface area contributed by atoms with E-state index in [1.165, 1.54) is 16.9 Å². The van der Waals surface area contributed by atoms with Gasteiger partial charge in [-0.3, -0.25) is 4.79 Å². The smallest absolute Gasteiger partial charge is 0.274 e. The molecule has 0 unspecified atom stereocenters. The fourth-order valence-corrected chi connectivity index (χ4v) is 4.66. The first-order chi connectivity index (χ1) is 13.6. The molecule has 4 nitrogen and oxygen atoms in total. The van der Waals surface area contributed by atoms with Gasteiger partial charge in [0.2, 0.25) is 0 Å². The normalized spacial score (nSPS) is 12.4. The molecule has 0 fully saturated rings. The maximum atomic E-state index is 13.1. The van der Waals surface area contributed by atoms with Crippen molar-refractivity contribution in [3.63, 3.8) is 0 Å². The van der Waals surface area contributed by atoms with Gasteiger partial charge in [-0.05, 0) is 49.2 Å². The Hall–Kier alpha value is -3.36. The molecule has 136 valence electrons. The minimum absolute atomic E-state index is 0.0282. The molecular weight excluding hydrogens is 366 g/mol. The van der Waals surface area contributed by atoms with Gasteiger partial charge in [-0.25, -0.2) is 9.38 Å². The standard InChI is InChI=1S/C23H17N3OS/c1-4-9-25-13-16(17-7-5-6-8-19(17)25)12-21-22(27)26-20-11-15(3)14(2)10-18(20)24-23(26)28-21/h1,5-8,10-13H,9H2,2-3H3/b21-12-. The van der Waals surface area contributed by atoms with E-state index in [1.54, 1.807) is 4.40 Å². The Kier molecular flexibility index (Phi) is 3.65. The summed E-state index contributed by atoms with van der Waals surface area (Å²) in [5.41, 5.74) is 6.10. The van der Waals surface area contributed by atoms with E-state index < -0.39 is 0 Å². The molecule has 5 aromatic rings. The Labute approximate surface area is 165 Å². The van der Waals surface area contributed by atoms with Crippen LogP contribution in [0.25, 0.3) is 33.0 Å². The lowest BCUT2D eigenvalue weighted by Crippen LogP contribution is -2.22. The predicted octanol–water partition coefficient (Wildman–Crippen LogP) is 3.66. The van der Waals surface area contributed by atoms with Crippen molar-refractivity contribution in [3.8, 4) is 12.3 Å². The zero-order valence-electron chi connectivity index (χ0n) is 15.6. The summed E-state index contributed by atoms with van der Waals surface area (Å²) in [5, 5.41) is 1.08. The van der Waals surface area contributed by atoms with Crippen molar-refractivity contribution >= 4 is 44.3 Å². The van der Waals surface area contributed by atoms with Crippen LogP contribution in [0.3, 0.4) is 0 Å². The van der Waals surface area contributed by atoms with E-state index in [1.807, 2.05) is 47.2 Å². The second kappa shape index (κ2) is 6.08. The van der Waals surface area contributed by atoms with Gasteiger partial charge in [0.05, 0.1) is 22.1 Å². The lowest BCUT2D eigenvalue weighted by atomic mass is 10.1. The number of nitrogens with zero attached hydrogens (tertiary/aromatic N) is 3. The Bertz CT molecular complexity index is 1540. The number of hydrogen-bond acceptors (Lipinski definition) is 3. The molecule has 0 bridgehead atoms. The van der Waals surface area contributed by atoms with Crippen LogP contribution in [0.4, 0.5) is 0 Å². The van der Waals surface area contributed by atoms with Crippen LogP contribution in [0.15, 0.2) is 47.4 Å². The summed E-state index contributed by atoms with van der Waals surface area (Å²) in [6.45, 7) is 4.61. The molecule has 2 aromatic carbocycles. The zero-order chi connectivity index (χ0) is 19.4. The summed E-state index contributed by atoms with van der Waals surface area (Å²) < 4.78 is 4.43. The molecule has 0 amide bonds. The largest absolute Gasteiger partial charge is 0.335 e. The Morgan fingerprint density at radius 3 is 2.79 bits per heavy atom. The van der Waals surface area contributed by atoms with E-state index in [-0.39, 0.29) is 5.56 Å². The molecule has 28 heavy (non-hydrogen) atoms. The minimum atomic E-state index is -0.0282. The predicted molar refractivity (Wildman–Crippen MR) is 116 cm³/mol. The fourth-order valence-electron chi connectivity index (χ4n) is 3.68. The maximum absolute atomic E-state index is 13.1. The third kappa shape index (κ3) is 2.39. The van der Waals surface area contributed by atoms with Gasteiger partial charge in [0, 0.05) is 22.7 Å². The molecule has 0 N–H and O–H groups in total. The van der Waals surface area contributed by atoms with Gasteiger partial charge >= 0.3 is 0 Å². The molecule has 0 radical (unpaired) electrons. The number of thiazole rings is 1. The van der Waals surface area contributed by atoms with E-state index in [9.17, 15) is 4.79 Å². The summed E-state index contributed by atoms with van der Waals surface area (Å²) in [6.07, 6.45) is 9.47. The average Bonchev–Trinajstić information content (AvgIpc) is 3.29. The second-order valence-electron chi connectivity index (χ2n) is 7.00.